The average Bonchev–Trinajstić information content (AvgIpc) is 0.789. The maximum atomic E-state index is 9.05. The molecule has 0 amide bonds. The van der Waals surface area contributed by atoms with E-state index in [-0.39, 0.29) is 5.28 Å². The van der Waals surface area contributed by atoms with Crippen molar-refractivity contribution in [3.8, 4) is 213 Å². The van der Waals surface area contributed by atoms with Gasteiger partial charge in [-0.05, 0) is 227 Å². The summed E-state index contributed by atoms with van der Waals surface area (Å²) >= 11 is 6.49. The van der Waals surface area contributed by atoms with Gasteiger partial charge < -0.3 is 10.0 Å². The molecule has 0 spiro atoms. The molecule has 2 N–H and O–H groups in total. The van der Waals surface area contributed by atoms with E-state index in [4.69, 9.17) is 41.6 Å². The first-order valence-electron chi connectivity index (χ1n) is 45.4. The standard InChI is InChI=1S/C63H43N3.C51H34ClN3.C12H11BO2/c1-4-15-44(16-5-1)51-21-10-26-56(39-51)58-28-12-23-53(41-58)47-31-35-49(36-32-47)61-64-62(66-63(65-61)60-30-14-25-55(43-60)46-19-8-3-9-20-46)50-37-33-48(34-38-50)54-24-13-29-59(42-54)57-27-11-22-52(40-57)45-17-6-2-7-18-45;52-51-54-49(39-27-23-37(24-28-39)43-17-9-21-47(33-43)45-19-7-15-41(31-45)35-11-3-1-4-12-35)53-50(55-51)40-29-25-38(26-30-40)44-18-10-22-48(34-44)46-20-8-16-42(32-46)36-13-5-2-6-14-36;14-13(15)12-8-4-7-11(9-12)10-5-2-1-3-6-10/h1-43H;1-34H;1-9,14-15H. The third kappa shape index (κ3) is 20.7. The van der Waals surface area contributed by atoms with Crippen molar-refractivity contribution in [3.63, 3.8) is 0 Å². The molecule has 2 aromatic heterocycles. The molecule has 644 valence electrons. The van der Waals surface area contributed by atoms with E-state index in [0.29, 0.717) is 34.6 Å². The molecule has 0 atom stereocenters. The molecule has 136 heavy (non-hydrogen) atoms. The van der Waals surface area contributed by atoms with Crippen LogP contribution in [0.2, 0.25) is 5.28 Å². The van der Waals surface area contributed by atoms with Gasteiger partial charge >= 0.3 is 7.12 Å². The first kappa shape index (κ1) is 86.7. The highest BCUT2D eigenvalue weighted by Gasteiger charge is 2.19. The van der Waals surface area contributed by atoms with Gasteiger partial charge in [0.25, 0.3) is 0 Å². The quantitative estimate of drug-likeness (QED) is 0.0725. The molecule has 22 rings (SSSR count). The molecule has 0 saturated heterocycles. The Hall–Kier alpha value is -17.3. The number of rotatable bonds is 20. The largest absolute Gasteiger partial charge is 0.488 e. The van der Waals surface area contributed by atoms with Crippen LogP contribution in [0.4, 0.5) is 0 Å². The molecule has 22 aromatic rings. The van der Waals surface area contributed by atoms with E-state index in [0.717, 1.165) is 94.6 Å². The smallest absolute Gasteiger partial charge is 0.423 e. The fourth-order valence-electron chi connectivity index (χ4n) is 17.1. The van der Waals surface area contributed by atoms with Crippen molar-refractivity contribution in [2.24, 2.45) is 0 Å². The molecule has 0 aliphatic rings. The summed E-state index contributed by atoms with van der Waals surface area (Å²) in [6.45, 7) is 0. The van der Waals surface area contributed by atoms with Crippen LogP contribution < -0.4 is 5.46 Å². The molecule has 0 unspecified atom stereocenters. The average molecular weight is 1760 g/mol. The SMILES string of the molecule is Clc1nc(-c2ccc(-c3cccc(-c4cccc(-c5ccccc5)c4)c3)cc2)nc(-c2ccc(-c3cccc(-c4cccc(-c5ccccc5)c4)c3)cc2)n1.OB(O)c1cccc(-c2ccccc2)c1.c1ccc(-c2cccc(-c3cccc(-c4ccc(-c5nc(-c6ccc(-c7cccc(-c8cccc(-c9ccccc9)c8)c7)cc6)nc(-c6cccc(-c7ccccc7)c6)n5)cc4)c3)c2)cc1. The zero-order valence-electron chi connectivity index (χ0n) is 74.2. The number of benzene rings is 20. The van der Waals surface area contributed by atoms with Crippen molar-refractivity contribution in [3.05, 3.63) is 527 Å². The Morgan fingerprint density at radius 1 is 0.125 bits per heavy atom. The molecule has 8 nitrogen and oxygen atoms in total. The summed E-state index contributed by atoms with van der Waals surface area (Å²) in [7, 11) is -1.41. The van der Waals surface area contributed by atoms with Crippen molar-refractivity contribution in [2.75, 3.05) is 0 Å². The minimum absolute atomic E-state index is 0.157. The van der Waals surface area contributed by atoms with Gasteiger partial charge in [0.1, 0.15) is 0 Å². The Bertz CT molecular complexity index is 7520. The van der Waals surface area contributed by atoms with E-state index in [1.165, 1.54) is 89.0 Å². The summed E-state index contributed by atoms with van der Waals surface area (Å²) in [6, 6.07) is 181. The van der Waals surface area contributed by atoms with Crippen molar-refractivity contribution < 1.29 is 10.0 Å². The highest BCUT2D eigenvalue weighted by atomic mass is 35.5. The monoisotopic (exact) mass is 1760 g/mol. The van der Waals surface area contributed by atoms with Gasteiger partial charge in [-0.1, -0.05) is 467 Å². The second-order valence-electron chi connectivity index (χ2n) is 33.3. The van der Waals surface area contributed by atoms with Crippen LogP contribution in [0.5, 0.6) is 0 Å². The predicted molar refractivity (Wildman–Crippen MR) is 564 cm³/mol. The first-order valence-corrected chi connectivity index (χ1v) is 45.8. The molecule has 10 heteroatoms. The fraction of sp³-hybridized carbons (Fsp3) is 0. The van der Waals surface area contributed by atoms with Crippen molar-refractivity contribution in [1.29, 1.82) is 0 Å². The van der Waals surface area contributed by atoms with Crippen molar-refractivity contribution >= 4 is 24.2 Å². The van der Waals surface area contributed by atoms with Gasteiger partial charge in [-0.15, -0.1) is 0 Å². The lowest BCUT2D eigenvalue weighted by molar-refractivity contribution is 0.426. The zero-order chi connectivity index (χ0) is 91.7. The van der Waals surface area contributed by atoms with E-state index < -0.39 is 7.12 Å². The molecule has 0 radical (unpaired) electrons. The predicted octanol–water partition coefficient (Wildman–Crippen LogP) is 31.4. The van der Waals surface area contributed by atoms with Crippen LogP contribution in [0, 0.1) is 0 Å². The summed E-state index contributed by atoms with van der Waals surface area (Å²) in [5.41, 5.74) is 37.3. The molecular weight excluding hydrogens is 1680 g/mol. The van der Waals surface area contributed by atoms with E-state index in [9.17, 15) is 0 Å². The molecule has 20 aromatic carbocycles. The Labute approximate surface area is 798 Å². The highest BCUT2D eigenvalue weighted by Crippen LogP contribution is 2.39. The van der Waals surface area contributed by atoms with E-state index in [2.05, 4.69) is 435 Å². The van der Waals surface area contributed by atoms with Crippen LogP contribution >= 0.6 is 11.6 Å². The van der Waals surface area contributed by atoms with Gasteiger partial charge in [0.2, 0.25) is 5.28 Å². The number of aromatic nitrogens is 6. The zero-order valence-corrected chi connectivity index (χ0v) is 74.9. The van der Waals surface area contributed by atoms with E-state index in [1.54, 1.807) is 12.1 Å². The second-order valence-corrected chi connectivity index (χ2v) is 33.6. The minimum Gasteiger partial charge on any atom is -0.423 e. The Morgan fingerprint density at radius 3 is 0.456 bits per heavy atom. The molecule has 0 aliphatic heterocycles. The van der Waals surface area contributed by atoms with Gasteiger partial charge in [0.15, 0.2) is 29.1 Å². The Kier molecular flexibility index (Phi) is 26.1. The lowest BCUT2D eigenvalue weighted by Gasteiger charge is -2.11. The number of hydrogen-bond acceptors (Lipinski definition) is 8. The van der Waals surface area contributed by atoms with Crippen LogP contribution in [0.25, 0.3) is 213 Å². The molecule has 0 fully saturated rings. The van der Waals surface area contributed by atoms with Crippen molar-refractivity contribution in [2.45, 2.75) is 0 Å². The highest BCUT2D eigenvalue weighted by molar-refractivity contribution is 6.58. The lowest BCUT2D eigenvalue weighted by atomic mass is 9.79. The summed E-state index contributed by atoms with van der Waals surface area (Å²) in [5.74, 6) is 2.92. The number of hydrogen-bond donors (Lipinski definition) is 2. The molecule has 0 bridgehead atoms. The summed E-state index contributed by atoms with van der Waals surface area (Å²) in [6.07, 6.45) is 0. The summed E-state index contributed by atoms with van der Waals surface area (Å²) < 4.78 is 0. The van der Waals surface area contributed by atoms with Crippen LogP contribution in [0.1, 0.15) is 0 Å². The van der Waals surface area contributed by atoms with Crippen LogP contribution in [-0.4, -0.2) is 47.1 Å². The lowest BCUT2D eigenvalue weighted by Crippen LogP contribution is -2.29. The van der Waals surface area contributed by atoms with Crippen LogP contribution in [-0.2, 0) is 0 Å². The summed E-state index contributed by atoms with van der Waals surface area (Å²) in [5, 5.41) is 18.3. The third-order valence-corrected chi connectivity index (χ3v) is 24.5. The molecule has 0 aliphatic carbocycles. The van der Waals surface area contributed by atoms with Gasteiger partial charge in [-0.2, -0.15) is 9.97 Å². The van der Waals surface area contributed by atoms with Gasteiger partial charge in [0, 0.05) is 27.8 Å². The first-order chi connectivity index (χ1) is 67.1. The number of halogens is 1. The maximum Gasteiger partial charge on any atom is 0.488 e. The Morgan fingerprint density at radius 2 is 0.257 bits per heavy atom. The van der Waals surface area contributed by atoms with E-state index >= 15 is 0 Å². The Balaban J connectivity index is 0.000000147. The van der Waals surface area contributed by atoms with E-state index in [1.807, 2.05) is 84.9 Å². The molecule has 2 heterocycles. The minimum atomic E-state index is -1.41. The van der Waals surface area contributed by atoms with Crippen molar-refractivity contribution in [1.82, 2.24) is 29.9 Å². The number of nitrogens with zero attached hydrogens (tertiary/aromatic N) is 6. The third-order valence-electron chi connectivity index (χ3n) is 24.3. The van der Waals surface area contributed by atoms with Gasteiger partial charge in [-0.3, -0.25) is 0 Å². The van der Waals surface area contributed by atoms with Gasteiger partial charge in [0.05, 0.1) is 0 Å². The topological polar surface area (TPSA) is 118 Å². The normalized spacial score (nSPS) is 10.9. The molecule has 0 saturated carbocycles. The van der Waals surface area contributed by atoms with Crippen LogP contribution in [0.3, 0.4) is 0 Å². The maximum absolute atomic E-state index is 9.05. The molecular formula is C126H88BClN6O2. The fourth-order valence-corrected chi connectivity index (χ4v) is 17.3. The second kappa shape index (κ2) is 41.0. The van der Waals surface area contributed by atoms with Crippen LogP contribution in [0.15, 0.2) is 522 Å². The van der Waals surface area contributed by atoms with Gasteiger partial charge in [-0.25, -0.2) is 19.9 Å². The summed E-state index contributed by atoms with van der Waals surface area (Å²) in [4.78, 5) is 29.2.